The molecule has 0 fully saturated rings. The summed E-state index contributed by atoms with van der Waals surface area (Å²) < 4.78 is 8.99. The maximum absolute atomic E-state index is 6.70. The minimum Gasteiger partial charge on any atom is -0.435 e. The van der Waals surface area contributed by atoms with Crippen LogP contribution in [0.15, 0.2) is 138 Å². The third-order valence-corrected chi connectivity index (χ3v) is 9.06. The zero-order valence-electron chi connectivity index (χ0n) is 23.3. The summed E-state index contributed by atoms with van der Waals surface area (Å²) in [7, 11) is 0. The molecule has 0 amide bonds. The number of thiophene rings is 1. The van der Waals surface area contributed by atoms with E-state index < -0.39 is 0 Å². The number of fused-ring (bicyclic) bond motifs is 5. The molecule has 6 aromatic carbocycles. The lowest BCUT2D eigenvalue weighted by Crippen LogP contribution is -2.00. The Morgan fingerprint density at radius 2 is 1.11 bits per heavy atom. The quantitative estimate of drug-likeness (QED) is 0.207. The zero-order chi connectivity index (χ0) is 29.0. The third-order valence-electron chi connectivity index (χ3n) is 7.94. The Hall–Kier alpha value is -5.72. The molecular weight excluding hydrogens is 561 g/mol. The van der Waals surface area contributed by atoms with Crippen molar-refractivity contribution >= 4 is 53.4 Å². The molecule has 0 aliphatic carbocycles. The van der Waals surface area contributed by atoms with E-state index in [1.807, 2.05) is 72.8 Å². The van der Waals surface area contributed by atoms with Gasteiger partial charge in [-0.2, -0.15) is 0 Å². The fourth-order valence-corrected chi connectivity index (χ4v) is 7.00. The van der Waals surface area contributed by atoms with Crippen molar-refractivity contribution in [2.75, 3.05) is 0 Å². The van der Waals surface area contributed by atoms with Crippen molar-refractivity contribution in [2.45, 2.75) is 0 Å². The van der Waals surface area contributed by atoms with E-state index in [1.54, 1.807) is 11.3 Å². The lowest BCUT2D eigenvalue weighted by atomic mass is 10.0. The first kappa shape index (κ1) is 24.8. The summed E-state index contributed by atoms with van der Waals surface area (Å²) in [5.41, 5.74) is 5.01. The summed E-state index contributed by atoms with van der Waals surface area (Å²) in [6.07, 6.45) is 0. The van der Waals surface area contributed by atoms with Gasteiger partial charge in [0.05, 0.1) is 5.56 Å². The van der Waals surface area contributed by atoms with Gasteiger partial charge in [-0.05, 0) is 35.0 Å². The molecule has 0 aliphatic heterocycles. The number of benzene rings is 6. The number of hydrogen-bond acceptors (Lipinski definition) is 6. The molecule has 0 spiro atoms. The molecule has 0 saturated heterocycles. The molecule has 0 bridgehead atoms. The van der Waals surface area contributed by atoms with E-state index in [2.05, 4.69) is 60.7 Å². The highest BCUT2D eigenvalue weighted by atomic mass is 32.1. The lowest BCUT2D eigenvalue weighted by molar-refractivity contribution is 0.621. The molecule has 3 heterocycles. The van der Waals surface area contributed by atoms with Gasteiger partial charge >= 0.3 is 0 Å². The first-order valence-electron chi connectivity index (χ1n) is 14.4. The van der Waals surface area contributed by atoms with Crippen LogP contribution in [0.25, 0.3) is 87.7 Å². The van der Waals surface area contributed by atoms with Crippen molar-refractivity contribution in [1.29, 1.82) is 0 Å². The minimum atomic E-state index is 0.554. The van der Waals surface area contributed by atoms with E-state index >= 15 is 0 Å². The molecule has 44 heavy (non-hydrogen) atoms. The van der Waals surface area contributed by atoms with Gasteiger partial charge in [0, 0.05) is 36.9 Å². The molecular formula is C38H22N4OS. The maximum Gasteiger partial charge on any atom is 0.227 e. The van der Waals surface area contributed by atoms with E-state index in [4.69, 9.17) is 24.4 Å². The number of hydrogen-bond donors (Lipinski definition) is 0. The summed E-state index contributed by atoms with van der Waals surface area (Å²) >= 11 is 1.74. The van der Waals surface area contributed by atoms with Gasteiger partial charge < -0.3 is 4.42 Å². The van der Waals surface area contributed by atoms with Crippen LogP contribution in [0.2, 0.25) is 0 Å². The smallest absolute Gasteiger partial charge is 0.227 e. The van der Waals surface area contributed by atoms with Gasteiger partial charge in [-0.3, -0.25) is 0 Å². The Morgan fingerprint density at radius 1 is 0.477 bits per heavy atom. The summed E-state index contributed by atoms with van der Waals surface area (Å²) in [4.78, 5) is 20.2. The van der Waals surface area contributed by atoms with Crippen LogP contribution in [0.5, 0.6) is 0 Å². The van der Waals surface area contributed by atoms with Crippen molar-refractivity contribution in [1.82, 2.24) is 19.9 Å². The SMILES string of the molecule is c1ccc(-c2nc(-c3ccccc3)nc(-c3c4oc(-c5ccc6ccccc6c5)nc4cc4sc5ccccc5c34)n2)cc1. The number of aromatic nitrogens is 4. The Bertz CT molecular complexity index is 2440. The molecule has 206 valence electrons. The van der Waals surface area contributed by atoms with Gasteiger partial charge in [0.15, 0.2) is 23.1 Å². The van der Waals surface area contributed by atoms with Crippen molar-refractivity contribution in [3.05, 3.63) is 133 Å². The summed E-state index contributed by atoms with van der Waals surface area (Å²) in [6, 6.07) is 45.3. The normalized spacial score (nSPS) is 11.6. The van der Waals surface area contributed by atoms with Crippen molar-refractivity contribution in [3.8, 4) is 45.6 Å². The molecule has 9 rings (SSSR count). The second-order valence-corrected chi connectivity index (χ2v) is 11.8. The van der Waals surface area contributed by atoms with E-state index in [0.717, 1.165) is 48.6 Å². The topological polar surface area (TPSA) is 64.7 Å². The molecule has 0 saturated carbocycles. The van der Waals surface area contributed by atoms with E-state index in [-0.39, 0.29) is 0 Å². The fourth-order valence-electron chi connectivity index (χ4n) is 5.85. The Balaban J connectivity index is 1.37. The summed E-state index contributed by atoms with van der Waals surface area (Å²) in [5.74, 6) is 2.33. The van der Waals surface area contributed by atoms with Gasteiger partial charge in [0.2, 0.25) is 5.89 Å². The maximum atomic E-state index is 6.70. The highest BCUT2D eigenvalue weighted by molar-refractivity contribution is 7.26. The highest BCUT2D eigenvalue weighted by Crippen LogP contribution is 2.45. The van der Waals surface area contributed by atoms with E-state index in [9.17, 15) is 0 Å². The largest absolute Gasteiger partial charge is 0.435 e. The minimum absolute atomic E-state index is 0.554. The number of oxazole rings is 1. The van der Waals surface area contributed by atoms with Crippen LogP contribution in [0, 0.1) is 0 Å². The lowest BCUT2D eigenvalue weighted by Gasteiger charge is -2.10. The number of nitrogens with zero attached hydrogens (tertiary/aromatic N) is 4. The van der Waals surface area contributed by atoms with Crippen molar-refractivity contribution in [2.24, 2.45) is 0 Å². The predicted molar refractivity (Wildman–Crippen MR) is 180 cm³/mol. The van der Waals surface area contributed by atoms with Crippen LogP contribution < -0.4 is 0 Å². The van der Waals surface area contributed by atoms with E-state index in [0.29, 0.717) is 28.9 Å². The Labute approximate surface area is 256 Å². The van der Waals surface area contributed by atoms with Gasteiger partial charge in [0.25, 0.3) is 0 Å². The molecule has 0 atom stereocenters. The van der Waals surface area contributed by atoms with E-state index in [1.165, 1.54) is 10.1 Å². The van der Waals surface area contributed by atoms with Gasteiger partial charge in [-0.15, -0.1) is 11.3 Å². The molecule has 6 heteroatoms. The van der Waals surface area contributed by atoms with Crippen molar-refractivity contribution in [3.63, 3.8) is 0 Å². The summed E-state index contributed by atoms with van der Waals surface area (Å²) in [6.45, 7) is 0. The molecule has 0 radical (unpaired) electrons. The standard InChI is InChI=1S/C38H22N4OS/c1-3-12-24(13-4-1)35-40-36(25-14-5-2-6-15-25)42-37(41-35)33-32-28-17-9-10-18-30(28)44-31(32)22-29-34(33)43-38(39-29)27-20-19-23-11-7-8-16-26(23)21-27/h1-22H. The zero-order valence-corrected chi connectivity index (χ0v) is 24.1. The highest BCUT2D eigenvalue weighted by Gasteiger charge is 2.24. The van der Waals surface area contributed by atoms with Crippen molar-refractivity contribution < 1.29 is 4.42 Å². The molecule has 9 aromatic rings. The monoisotopic (exact) mass is 582 g/mol. The second kappa shape index (κ2) is 9.93. The third kappa shape index (κ3) is 4.07. The summed E-state index contributed by atoms with van der Waals surface area (Å²) in [5, 5.41) is 4.50. The first-order chi connectivity index (χ1) is 21.8. The average Bonchev–Trinajstić information content (AvgIpc) is 3.69. The molecule has 0 unspecified atom stereocenters. The van der Waals surface area contributed by atoms with Crippen LogP contribution in [0.3, 0.4) is 0 Å². The molecule has 0 aliphatic rings. The van der Waals surface area contributed by atoms with Crippen LogP contribution in [0.1, 0.15) is 0 Å². The van der Waals surface area contributed by atoms with Gasteiger partial charge in [-0.1, -0.05) is 109 Å². The fraction of sp³-hybridized carbons (Fsp3) is 0. The van der Waals surface area contributed by atoms with Crippen LogP contribution in [-0.4, -0.2) is 19.9 Å². The average molecular weight is 583 g/mol. The van der Waals surface area contributed by atoms with Crippen LogP contribution in [0.4, 0.5) is 0 Å². The van der Waals surface area contributed by atoms with Gasteiger partial charge in [0.1, 0.15) is 5.52 Å². The van der Waals surface area contributed by atoms with Crippen LogP contribution in [-0.2, 0) is 0 Å². The Morgan fingerprint density at radius 3 is 1.86 bits per heavy atom. The predicted octanol–water partition coefficient (Wildman–Crippen LogP) is 10.2. The molecule has 0 N–H and O–H groups in total. The number of rotatable bonds is 4. The van der Waals surface area contributed by atoms with Gasteiger partial charge in [-0.25, -0.2) is 19.9 Å². The van der Waals surface area contributed by atoms with Crippen LogP contribution >= 0.6 is 11.3 Å². The Kier molecular flexibility index (Phi) is 5.61. The molecule has 5 nitrogen and oxygen atoms in total. The first-order valence-corrected chi connectivity index (χ1v) is 15.2. The second-order valence-electron chi connectivity index (χ2n) is 10.7. The molecule has 3 aromatic heterocycles.